The fourth-order valence-electron chi connectivity index (χ4n) is 2.04. The summed E-state index contributed by atoms with van der Waals surface area (Å²) >= 11 is 0. The Bertz CT molecular complexity index is 483. The highest BCUT2D eigenvalue weighted by Crippen LogP contribution is 2.35. The molecular weight excluding hydrogens is 230 g/mol. The number of nitrogens with zero attached hydrogens (tertiary/aromatic N) is 2. The van der Waals surface area contributed by atoms with E-state index >= 15 is 0 Å². The third-order valence-corrected chi connectivity index (χ3v) is 3.35. The molecule has 1 aliphatic heterocycles. The van der Waals surface area contributed by atoms with Crippen molar-refractivity contribution in [1.82, 2.24) is 4.90 Å². The maximum Gasteiger partial charge on any atom is 0.231 e. The van der Waals surface area contributed by atoms with Crippen LogP contribution < -0.4 is 15.2 Å². The summed E-state index contributed by atoms with van der Waals surface area (Å²) in [4.78, 5) is 6.46. The molecule has 3 rings (SSSR count). The lowest BCUT2D eigenvalue weighted by atomic mass is 10.2. The van der Waals surface area contributed by atoms with Crippen LogP contribution >= 0.6 is 0 Å². The van der Waals surface area contributed by atoms with Crippen molar-refractivity contribution >= 4 is 5.96 Å². The first-order valence-electron chi connectivity index (χ1n) is 6.16. The van der Waals surface area contributed by atoms with Crippen LogP contribution in [0.4, 0.5) is 0 Å². The van der Waals surface area contributed by atoms with Crippen LogP contribution in [0, 0.1) is 0 Å². The van der Waals surface area contributed by atoms with E-state index in [9.17, 15) is 0 Å². The molecule has 2 N–H and O–H groups in total. The Kier molecular flexibility index (Phi) is 2.74. The average molecular weight is 247 g/mol. The van der Waals surface area contributed by atoms with Gasteiger partial charge in [0.25, 0.3) is 0 Å². The molecule has 1 aliphatic carbocycles. The molecule has 0 bridgehead atoms. The quantitative estimate of drug-likeness (QED) is 0.646. The van der Waals surface area contributed by atoms with Gasteiger partial charge < -0.3 is 20.1 Å². The van der Waals surface area contributed by atoms with Crippen molar-refractivity contribution in [2.45, 2.75) is 25.4 Å². The van der Waals surface area contributed by atoms with E-state index in [-0.39, 0.29) is 6.79 Å². The summed E-state index contributed by atoms with van der Waals surface area (Å²) in [5.41, 5.74) is 6.97. The molecule has 1 aromatic carbocycles. The molecule has 2 aliphatic rings. The van der Waals surface area contributed by atoms with Gasteiger partial charge in [0.15, 0.2) is 17.5 Å². The number of benzene rings is 1. The van der Waals surface area contributed by atoms with Crippen molar-refractivity contribution in [3.05, 3.63) is 23.8 Å². The van der Waals surface area contributed by atoms with E-state index in [1.807, 2.05) is 30.1 Å². The van der Waals surface area contributed by atoms with Gasteiger partial charge in [-0.25, -0.2) is 4.99 Å². The first-order valence-corrected chi connectivity index (χ1v) is 6.16. The summed E-state index contributed by atoms with van der Waals surface area (Å²) in [5.74, 6) is 2.17. The first-order chi connectivity index (χ1) is 8.75. The predicted molar refractivity (Wildman–Crippen MR) is 68.7 cm³/mol. The van der Waals surface area contributed by atoms with E-state index in [1.165, 1.54) is 12.8 Å². The van der Waals surface area contributed by atoms with Crippen molar-refractivity contribution < 1.29 is 9.47 Å². The second-order valence-electron chi connectivity index (χ2n) is 4.67. The zero-order chi connectivity index (χ0) is 12.5. The normalized spacial score (nSPS) is 17.9. The second kappa shape index (κ2) is 4.40. The average Bonchev–Trinajstić information content (AvgIpc) is 3.12. The minimum absolute atomic E-state index is 0.285. The number of aliphatic imine (C=N–C) groups is 1. The number of hydrogen-bond donors (Lipinski definition) is 1. The van der Waals surface area contributed by atoms with Crippen molar-refractivity contribution in [2.24, 2.45) is 10.7 Å². The maximum atomic E-state index is 5.96. The zero-order valence-corrected chi connectivity index (χ0v) is 10.4. The van der Waals surface area contributed by atoms with Gasteiger partial charge in [0.1, 0.15) is 0 Å². The SMILES string of the molecule is CN(C(N)=NCc1cccc2c1OCO2)C1CC1. The van der Waals surface area contributed by atoms with Gasteiger partial charge in [-0.2, -0.15) is 0 Å². The number of fused-ring (bicyclic) bond motifs is 1. The van der Waals surface area contributed by atoms with Crippen LogP contribution in [0.15, 0.2) is 23.2 Å². The second-order valence-corrected chi connectivity index (χ2v) is 4.67. The van der Waals surface area contributed by atoms with Gasteiger partial charge in [0, 0.05) is 18.7 Å². The largest absolute Gasteiger partial charge is 0.454 e. The number of guanidine groups is 1. The van der Waals surface area contributed by atoms with Crippen LogP contribution in [0.25, 0.3) is 0 Å². The molecule has 1 aromatic rings. The lowest BCUT2D eigenvalue weighted by molar-refractivity contribution is 0.173. The van der Waals surface area contributed by atoms with E-state index in [4.69, 9.17) is 15.2 Å². The Morgan fingerprint density at radius 3 is 3.06 bits per heavy atom. The van der Waals surface area contributed by atoms with Gasteiger partial charge in [-0.15, -0.1) is 0 Å². The van der Waals surface area contributed by atoms with Gasteiger partial charge in [0.2, 0.25) is 6.79 Å². The van der Waals surface area contributed by atoms with Crippen molar-refractivity contribution in [3.8, 4) is 11.5 Å². The van der Waals surface area contributed by atoms with Gasteiger partial charge in [-0.1, -0.05) is 12.1 Å². The standard InChI is InChI=1S/C13H17N3O2/c1-16(10-5-6-10)13(14)15-7-9-3-2-4-11-12(9)18-8-17-11/h2-4,10H,5-8H2,1H3,(H2,14,15). The fraction of sp³-hybridized carbons (Fsp3) is 0.462. The molecule has 5 nitrogen and oxygen atoms in total. The smallest absolute Gasteiger partial charge is 0.231 e. The van der Waals surface area contributed by atoms with Crippen molar-refractivity contribution in [2.75, 3.05) is 13.8 Å². The molecule has 0 amide bonds. The lowest BCUT2D eigenvalue weighted by Crippen LogP contribution is -2.35. The summed E-state index contributed by atoms with van der Waals surface area (Å²) < 4.78 is 10.8. The van der Waals surface area contributed by atoms with E-state index in [2.05, 4.69) is 4.99 Å². The summed E-state index contributed by atoms with van der Waals surface area (Å²) in [6, 6.07) is 6.41. The Hall–Kier alpha value is -1.91. The molecule has 18 heavy (non-hydrogen) atoms. The molecule has 96 valence electrons. The Morgan fingerprint density at radius 2 is 2.28 bits per heavy atom. The molecule has 0 unspecified atom stereocenters. The van der Waals surface area contributed by atoms with E-state index in [0.717, 1.165) is 17.1 Å². The van der Waals surface area contributed by atoms with E-state index < -0.39 is 0 Å². The van der Waals surface area contributed by atoms with Crippen LogP contribution in [0.1, 0.15) is 18.4 Å². The van der Waals surface area contributed by atoms with Gasteiger partial charge in [0.05, 0.1) is 6.54 Å². The van der Waals surface area contributed by atoms with Crippen LogP contribution in [0.3, 0.4) is 0 Å². The molecule has 5 heteroatoms. The molecule has 1 saturated carbocycles. The van der Waals surface area contributed by atoms with Crippen LogP contribution in [-0.4, -0.2) is 30.7 Å². The molecule has 0 saturated heterocycles. The highest BCUT2D eigenvalue weighted by molar-refractivity contribution is 5.78. The van der Waals surface area contributed by atoms with Crippen LogP contribution in [0.2, 0.25) is 0 Å². The number of rotatable bonds is 3. The molecular formula is C13H17N3O2. The van der Waals surface area contributed by atoms with Crippen molar-refractivity contribution in [1.29, 1.82) is 0 Å². The molecule has 0 aromatic heterocycles. The van der Waals surface area contributed by atoms with Gasteiger partial charge in [-0.05, 0) is 18.9 Å². The van der Waals surface area contributed by atoms with Gasteiger partial charge >= 0.3 is 0 Å². The lowest BCUT2D eigenvalue weighted by Gasteiger charge is -2.16. The Morgan fingerprint density at radius 1 is 1.44 bits per heavy atom. The summed E-state index contributed by atoms with van der Waals surface area (Å²) in [7, 11) is 1.99. The predicted octanol–water partition coefficient (Wildman–Crippen LogP) is 1.32. The van der Waals surface area contributed by atoms with E-state index in [1.54, 1.807) is 0 Å². The number of hydrogen-bond acceptors (Lipinski definition) is 3. The summed E-state index contributed by atoms with van der Waals surface area (Å²) in [5, 5.41) is 0. The van der Waals surface area contributed by atoms with Crippen molar-refractivity contribution in [3.63, 3.8) is 0 Å². The monoisotopic (exact) mass is 247 g/mol. The maximum absolute atomic E-state index is 5.96. The minimum Gasteiger partial charge on any atom is -0.454 e. The molecule has 1 heterocycles. The van der Waals surface area contributed by atoms with Crippen LogP contribution in [-0.2, 0) is 6.54 Å². The summed E-state index contributed by atoms with van der Waals surface area (Å²) in [6.45, 7) is 0.808. The third kappa shape index (κ3) is 2.08. The van der Waals surface area contributed by atoms with Gasteiger partial charge in [-0.3, -0.25) is 0 Å². The molecule has 1 fully saturated rings. The number of para-hydroxylation sites is 1. The fourth-order valence-corrected chi connectivity index (χ4v) is 2.04. The van der Waals surface area contributed by atoms with Crippen LogP contribution in [0.5, 0.6) is 11.5 Å². The summed E-state index contributed by atoms with van der Waals surface area (Å²) in [6.07, 6.45) is 2.43. The first kappa shape index (κ1) is 11.2. The third-order valence-electron chi connectivity index (χ3n) is 3.35. The number of nitrogens with two attached hydrogens (primary N) is 1. The highest BCUT2D eigenvalue weighted by atomic mass is 16.7. The topological polar surface area (TPSA) is 60.1 Å². The Labute approximate surface area is 106 Å². The Balaban J connectivity index is 1.73. The molecule has 0 spiro atoms. The van der Waals surface area contributed by atoms with E-state index in [0.29, 0.717) is 18.5 Å². The zero-order valence-electron chi connectivity index (χ0n) is 10.4. The molecule has 0 radical (unpaired) electrons. The minimum atomic E-state index is 0.285. The number of ether oxygens (including phenoxy) is 2. The highest BCUT2D eigenvalue weighted by Gasteiger charge is 2.27. The molecule has 0 atom stereocenters.